The summed E-state index contributed by atoms with van der Waals surface area (Å²) in [5.74, 6) is -0.805. The number of carbonyl (C=O) groups is 1. The van der Waals surface area contributed by atoms with E-state index < -0.39 is 5.82 Å². The maximum atomic E-state index is 13.6. The lowest BCUT2D eigenvalue weighted by atomic mass is 10.0. The molecule has 0 aliphatic rings. The Balaban J connectivity index is 2.94. The molecule has 0 fully saturated rings. The zero-order valence-corrected chi connectivity index (χ0v) is 11.3. The molecule has 0 radical (unpaired) electrons. The third-order valence-electron chi connectivity index (χ3n) is 2.69. The van der Waals surface area contributed by atoms with Crippen molar-refractivity contribution in [3.63, 3.8) is 0 Å². The molecule has 0 aliphatic heterocycles. The number of amides is 1. The average molecular weight is 268 g/mol. The second kappa shape index (κ2) is 6.44. The minimum Gasteiger partial charge on any atom is -0.389 e. The van der Waals surface area contributed by atoms with Crippen LogP contribution in [0.15, 0.2) is 18.2 Å². The van der Waals surface area contributed by atoms with Crippen molar-refractivity contribution < 1.29 is 9.18 Å². The smallest absolute Gasteiger partial charge is 0.227 e. The highest BCUT2D eigenvalue weighted by Crippen LogP contribution is 2.20. The van der Waals surface area contributed by atoms with Crippen LogP contribution < -0.4 is 11.1 Å². The first-order valence-corrected chi connectivity index (χ1v) is 6.27. The second-order valence-electron chi connectivity index (χ2n) is 4.21. The Morgan fingerprint density at radius 3 is 2.78 bits per heavy atom. The van der Waals surface area contributed by atoms with Gasteiger partial charge in [0, 0.05) is 5.92 Å². The molecule has 18 heavy (non-hydrogen) atoms. The van der Waals surface area contributed by atoms with E-state index in [1.165, 1.54) is 12.1 Å². The van der Waals surface area contributed by atoms with Crippen LogP contribution in [0.4, 0.5) is 10.1 Å². The normalized spacial score (nSPS) is 11.9. The molecular formula is C13H17FN2OS. The molecule has 1 rings (SSSR count). The maximum Gasteiger partial charge on any atom is 0.227 e. The molecule has 98 valence electrons. The fraction of sp³-hybridized carbons (Fsp3) is 0.385. The van der Waals surface area contributed by atoms with Crippen LogP contribution in [-0.2, 0) is 4.79 Å². The molecule has 1 aromatic carbocycles. The van der Waals surface area contributed by atoms with Gasteiger partial charge in [-0.05, 0) is 18.6 Å². The lowest BCUT2D eigenvalue weighted by Gasteiger charge is -2.14. The van der Waals surface area contributed by atoms with E-state index in [0.29, 0.717) is 5.69 Å². The van der Waals surface area contributed by atoms with Gasteiger partial charge in [-0.15, -0.1) is 0 Å². The number of carbonyl (C=O) groups excluding carboxylic acids is 1. The molecule has 0 aromatic heterocycles. The molecule has 5 heteroatoms. The standard InChI is InChI=1S/C13H17FN2OS/c1-3-5-8(2)13(17)16-10-7-4-6-9(14)11(10)12(15)18/h4,6-8H,3,5H2,1-2H3,(H2,15,18)(H,16,17). The van der Waals surface area contributed by atoms with Gasteiger partial charge in [-0.25, -0.2) is 4.39 Å². The van der Waals surface area contributed by atoms with Crippen molar-refractivity contribution in [2.75, 3.05) is 5.32 Å². The summed E-state index contributed by atoms with van der Waals surface area (Å²) in [5.41, 5.74) is 5.88. The largest absolute Gasteiger partial charge is 0.389 e. The van der Waals surface area contributed by atoms with Crippen LogP contribution in [0.3, 0.4) is 0 Å². The van der Waals surface area contributed by atoms with Crippen molar-refractivity contribution in [2.24, 2.45) is 11.7 Å². The van der Waals surface area contributed by atoms with Crippen LogP contribution in [0.5, 0.6) is 0 Å². The average Bonchev–Trinajstić information content (AvgIpc) is 2.28. The van der Waals surface area contributed by atoms with E-state index in [2.05, 4.69) is 5.32 Å². The first-order valence-electron chi connectivity index (χ1n) is 5.86. The number of benzene rings is 1. The van der Waals surface area contributed by atoms with E-state index in [0.717, 1.165) is 12.8 Å². The summed E-state index contributed by atoms with van der Waals surface area (Å²) in [4.78, 5) is 11.8. The molecule has 0 bridgehead atoms. The number of nitrogens with two attached hydrogens (primary N) is 1. The summed E-state index contributed by atoms with van der Waals surface area (Å²) in [7, 11) is 0. The first kappa shape index (κ1) is 14.6. The van der Waals surface area contributed by atoms with Crippen molar-refractivity contribution in [2.45, 2.75) is 26.7 Å². The summed E-state index contributed by atoms with van der Waals surface area (Å²) in [6, 6.07) is 4.37. The SMILES string of the molecule is CCCC(C)C(=O)Nc1cccc(F)c1C(N)=S. The van der Waals surface area contributed by atoms with Gasteiger partial charge in [0.2, 0.25) is 5.91 Å². The maximum absolute atomic E-state index is 13.6. The molecule has 1 aromatic rings. The summed E-state index contributed by atoms with van der Waals surface area (Å²) in [6.45, 7) is 3.84. The van der Waals surface area contributed by atoms with Gasteiger partial charge in [0.25, 0.3) is 0 Å². The topological polar surface area (TPSA) is 55.1 Å². The van der Waals surface area contributed by atoms with Crippen molar-refractivity contribution in [1.29, 1.82) is 0 Å². The minimum absolute atomic E-state index is 0.0634. The number of anilines is 1. The molecule has 0 saturated heterocycles. The lowest BCUT2D eigenvalue weighted by molar-refractivity contribution is -0.119. The van der Waals surface area contributed by atoms with E-state index in [1.807, 2.05) is 13.8 Å². The van der Waals surface area contributed by atoms with Crippen molar-refractivity contribution in [1.82, 2.24) is 0 Å². The number of thiocarbonyl (C=S) groups is 1. The first-order chi connectivity index (χ1) is 8.47. The fourth-order valence-corrected chi connectivity index (χ4v) is 1.91. The predicted molar refractivity (Wildman–Crippen MR) is 75.0 cm³/mol. The van der Waals surface area contributed by atoms with Gasteiger partial charge >= 0.3 is 0 Å². The van der Waals surface area contributed by atoms with Crippen LogP contribution in [-0.4, -0.2) is 10.9 Å². The third-order valence-corrected chi connectivity index (χ3v) is 2.89. The van der Waals surface area contributed by atoms with Gasteiger partial charge < -0.3 is 11.1 Å². The Kier molecular flexibility index (Phi) is 5.22. The number of rotatable bonds is 5. The Morgan fingerprint density at radius 2 is 2.22 bits per heavy atom. The van der Waals surface area contributed by atoms with Gasteiger partial charge in [-0.1, -0.05) is 38.6 Å². The zero-order chi connectivity index (χ0) is 13.7. The Bertz CT molecular complexity index is 462. The number of hydrogen-bond acceptors (Lipinski definition) is 2. The molecule has 1 unspecified atom stereocenters. The molecule has 0 saturated carbocycles. The monoisotopic (exact) mass is 268 g/mol. The molecule has 0 heterocycles. The fourth-order valence-electron chi connectivity index (χ4n) is 1.70. The summed E-state index contributed by atoms with van der Waals surface area (Å²) in [6.07, 6.45) is 1.70. The lowest BCUT2D eigenvalue weighted by Crippen LogP contribution is -2.23. The molecule has 1 atom stereocenters. The highest BCUT2D eigenvalue weighted by Gasteiger charge is 2.16. The van der Waals surface area contributed by atoms with Crippen LogP contribution in [0.2, 0.25) is 0 Å². The molecule has 3 N–H and O–H groups in total. The van der Waals surface area contributed by atoms with Gasteiger partial charge in [0.15, 0.2) is 0 Å². The molecule has 0 spiro atoms. The van der Waals surface area contributed by atoms with E-state index >= 15 is 0 Å². The van der Waals surface area contributed by atoms with Crippen LogP contribution in [0.25, 0.3) is 0 Å². The van der Waals surface area contributed by atoms with Crippen LogP contribution >= 0.6 is 12.2 Å². The van der Waals surface area contributed by atoms with E-state index in [1.54, 1.807) is 6.07 Å². The quantitative estimate of drug-likeness (QED) is 0.807. The number of halogens is 1. The van der Waals surface area contributed by atoms with Crippen molar-refractivity contribution >= 4 is 28.8 Å². The Morgan fingerprint density at radius 1 is 1.56 bits per heavy atom. The second-order valence-corrected chi connectivity index (χ2v) is 4.65. The summed E-state index contributed by atoms with van der Waals surface area (Å²) >= 11 is 4.79. The highest BCUT2D eigenvalue weighted by molar-refractivity contribution is 7.80. The predicted octanol–water partition coefficient (Wildman–Crippen LogP) is 2.83. The minimum atomic E-state index is -0.525. The van der Waals surface area contributed by atoms with E-state index in [-0.39, 0.29) is 22.4 Å². The Labute approximate surface area is 112 Å². The van der Waals surface area contributed by atoms with E-state index in [9.17, 15) is 9.18 Å². The van der Waals surface area contributed by atoms with E-state index in [4.69, 9.17) is 18.0 Å². The van der Waals surface area contributed by atoms with Gasteiger partial charge in [0.1, 0.15) is 10.8 Å². The molecule has 0 aliphatic carbocycles. The number of hydrogen-bond donors (Lipinski definition) is 2. The van der Waals surface area contributed by atoms with Crippen molar-refractivity contribution in [3.05, 3.63) is 29.6 Å². The van der Waals surface area contributed by atoms with Crippen LogP contribution in [0.1, 0.15) is 32.3 Å². The zero-order valence-electron chi connectivity index (χ0n) is 10.5. The molecular weight excluding hydrogens is 251 g/mol. The third kappa shape index (κ3) is 3.50. The highest BCUT2D eigenvalue weighted by atomic mass is 32.1. The molecule has 3 nitrogen and oxygen atoms in total. The van der Waals surface area contributed by atoms with Gasteiger partial charge in [-0.3, -0.25) is 4.79 Å². The van der Waals surface area contributed by atoms with Crippen molar-refractivity contribution in [3.8, 4) is 0 Å². The van der Waals surface area contributed by atoms with Gasteiger partial charge in [-0.2, -0.15) is 0 Å². The van der Waals surface area contributed by atoms with Crippen LogP contribution in [0, 0.1) is 11.7 Å². The van der Waals surface area contributed by atoms with Gasteiger partial charge in [0.05, 0.1) is 11.3 Å². The summed E-state index contributed by atoms with van der Waals surface area (Å²) < 4.78 is 13.6. The Hall–Kier alpha value is -1.49. The molecule has 1 amide bonds. The summed E-state index contributed by atoms with van der Waals surface area (Å²) in [5, 5.41) is 2.67. The number of nitrogens with one attached hydrogen (secondary N) is 1.